The van der Waals surface area contributed by atoms with Crippen LogP contribution in [0.1, 0.15) is 39.0 Å². The summed E-state index contributed by atoms with van der Waals surface area (Å²) in [6, 6.07) is 6.39. The third kappa shape index (κ3) is 3.21. The molecule has 8 heteroatoms. The van der Waals surface area contributed by atoms with Gasteiger partial charge in [-0.1, -0.05) is 30.9 Å². The van der Waals surface area contributed by atoms with Crippen molar-refractivity contribution in [3.8, 4) is 5.69 Å². The highest BCUT2D eigenvalue weighted by Gasteiger charge is 2.27. The van der Waals surface area contributed by atoms with Gasteiger partial charge in [-0.05, 0) is 54.5 Å². The van der Waals surface area contributed by atoms with Crippen LogP contribution in [-0.2, 0) is 0 Å². The fraction of sp³-hybridized carbons (Fsp3) is 0.500. The van der Waals surface area contributed by atoms with E-state index in [0.29, 0.717) is 17.3 Å². The first kappa shape index (κ1) is 16.7. The molecule has 1 aliphatic rings. The molecule has 24 heavy (non-hydrogen) atoms. The highest BCUT2D eigenvalue weighted by atomic mass is 35.5. The largest absolute Gasteiger partial charge is 0.377 e. The number of aromatic nitrogens is 4. The van der Waals surface area contributed by atoms with Gasteiger partial charge in [-0.25, -0.2) is 9.59 Å². The molecular weight excluding hydrogens is 330 g/mol. The lowest BCUT2D eigenvalue weighted by Gasteiger charge is -2.32. The smallest absolute Gasteiger partial charge is 0.320 e. The van der Waals surface area contributed by atoms with Crippen LogP contribution in [0.15, 0.2) is 29.1 Å². The second-order valence-electron chi connectivity index (χ2n) is 5.92. The lowest BCUT2D eigenvalue weighted by atomic mass is 9.94. The van der Waals surface area contributed by atoms with E-state index in [1.165, 1.54) is 6.42 Å². The molecule has 1 aliphatic carbocycles. The number of hydrogen-bond donors (Lipinski definition) is 0. The van der Waals surface area contributed by atoms with Crippen LogP contribution in [0, 0.1) is 0 Å². The Kier molecular flexibility index (Phi) is 4.99. The Labute approximate surface area is 144 Å². The summed E-state index contributed by atoms with van der Waals surface area (Å²) in [7, 11) is 0. The average molecular weight is 350 g/mol. The number of rotatable bonds is 3. The predicted molar refractivity (Wildman–Crippen MR) is 90.7 cm³/mol. The van der Waals surface area contributed by atoms with Crippen LogP contribution in [0.5, 0.6) is 0 Å². The third-order valence-corrected chi connectivity index (χ3v) is 4.69. The van der Waals surface area contributed by atoms with Crippen LogP contribution >= 0.6 is 11.6 Å². The summed E-state index contributed by atoms with van der Waals surface area (Å²) < 4.78 is 1.94. The predicted octanol–water partition coefficient (Wildman–Crippen LogP) is 2.71. The lowest BCUT2D eigenvalue weighted by Crippen LogP contribution is -2.46. The van der Waals surface area contributed by atoms with Crippen LogP contribution in [-0.4, -0.2) is 43.3 Å². The Balaban J connectivity index is 1.87. The number of carbonyl (C=O) groups is 1. The van der Waals surface area contributed by atoms with Gasteiger partial charge in [0.1, 0.15) is 0 Å². The molecule has 1 aromatic carbocycles. The van der Waals surface area contributed by atoms with Gasteiger partial charge in [-0.15, -0.1) is 4.68 Å². The Morgan fingerprint density at radius 1 is 1.21 bits per heavy atom. The topological polar surface area (TPSA) is 73.0 Å². The summed E-state index contributed by atoms with van der Waals surface area (Å²) in [5.41, 5.74) is -0.0549. The van der Waals surface area contributed by atoms with E-state index in [0.717, 1.165) is 35.0 Å². The molecule has 0 saturated heterocycles. The Bertz CT molecular complexity index is 762. The quantitative estimate of drug-likeness (QED) is 0.798. The summed E-state index contributed by atoms with van der Waals surface area (Å²) >= 11 is 5.85. The van der Waals surface area contributed by atoms with Crippen molar-refractivity contribution in [2.24, 2.45) is 0 Å². The Hall–Kier alpha value is -2.15. The zero-order chi connectivity index (χ0) is 17.1. The maximum atomic E-state index is 12.7. The number of carbonyl (C=O) groups excluding carboxylic acids is 1. The van der Waals surface area contributed by atoms with Gasteiger partial charge in [0.15, 0.2) is 0 Å². The number of tetrazole rings is 1. The minimum Gasteiger partial charge on any atom is -0.320 e. The first-order valence-electron chi connectivity index (χ1n) is 8.23. The zero-order valence-electron chi connectivity index (χ0n) is 13.6. The lowest BCUT2D eigenvalue weighted by molar-refractivity contribution is 0.157. The van der Waals surface area contributed by atoms with Gasteiger partial charge < -0.3 is 4.90 Å². The van der Waals surface area contributed by atoms with E-state index in [1.807, 2.05) is 6.92 Å². The molecule has 128 valence electrons. The highest BCUT2D eigenvalue weighted by molar-refractivity contribution is 6.30. The zero-order valence-corrected chi connectivity index (χ0v) is 14.3. The Morgan fingerprint density at radius 3 is 2.50 bits per heavy atom. The number of benzene rings is 1. The van der Waals surface area contributed by atoms with Gasteiger partial charge in [0.05, 0.1) is 5.69 Å². The normalized spacial score (nSPS) is 15.4. The van der Waals surface area contributed by atoms with Crippen LogP contribution in [0.2, 0.25) is 5.02 Å². The van der Waals surface area contributed by atoms with E-state index >= 15 is 0 Å². The molecule has 3 rings (SSSR count). The van der Waals surface area contributed by atoms with Crippen LogP contribution < -0.4 is 5.69 Å². The van der Waals surface area contributed by atoms with Crippen molar-refractivity contribution >= 4 is 17.6 Å². The van der Waals surface area contributed by atoms with E-state index in [1.54, 1.807) is 29.2 Å². The number of amides is 1. The molecule has 1 fully saturated rings. The van der Waals surface area contributed by atoms with Crippen molar-refractivity contribution < 1.29 is 4.79 Å². The molecule has 1 saturated carbocycles. The summed E-state index contributed by atoms with van der Waals surface area (Å²) in [5.74, 6) is 0. The van der Waals surface area contributed by atoms with Crippen molar-refractivity contribution in [3.63, 3.8) is 0 Å². The van der Waals surface area contributed by atoms with E-state index < -0.39 is 11.7 Å². The molecule has 0 N–H and O–H groups in total. The minimum absolute atomic E-state index is 0.170. The van der Waals surface area contributed by atoms with Crippen molar-refractivity contribution in [2.75, 3.05) is 6.54 Å². The maximum absolute atomic E-state index is 12.7. The fourth-order valence-electron chi connectivity index (χ4n) is 3.17. The molecule has 0 atom stereocenters. The van der Waals surface area contributed by atoms with Crippen molar-refractivity contribution in [2.45, 2.75) is 45.1 Å². The second-order valence-corrected chi connectivity index (χ2v) is 6.36. The molecule has 0 aliphatic heterocycles. The van der Waals surface area contributed by atoms with Gasteiger partial charge >= 0.3 is 11.7 Å². The SMILES string of the molecule is CCN(C(=O)n1nnn(-c2ccc(Cl)cc2)c1=O)C1CCCCC1. The van der Waals surface area contributed by atoms with Crippen molar-refractivity contribution in [1.29, 1.82) is 0 Å². The van der Waals surface area contributed by atoms with Gasteiger partial charge in [0.2, 0.25) is 0 Å². The van der Waals surface area contributed by atoms with E-state index in [2.05, 4.69) is 10.4 Å². The molecule has 0 radical (unpaired) electrons. The summed E-state index contributed by atoms with van der Waals surface area (Å²) in [6.07, 6.45) is 5.37. The van der Waals surface area contributed by atoms with E-state index in [9.17, 15) is 9.59 Å². The number of hydrogen-bond acceptors (Lipinski definition) is 4. The molecule has 7 nitrogen and oxygen atoms in total. The first-order valence-corrected chi connectivity index (χ1v) is 8.61. The standard InChI is InChI=1S/C16H20ClN5O2/c1-2-20(13-6-4-3-5-7-13)15(23)22-16(24)21(18-19-22)14-10-8-12(17)9-11-14/h8-11,13H,2-7H2,1H3. The molecule has 1 aromatic heterocycles. The van der Waals surface area contributed by atoms with Gasteiger partial charge in [0.25, 0.3) is 0 Å². The molecule has 0 spiro atoms. The van der Waals surface area contributed by atoms with Gasteiger partial charge in [-0.3, -0.25) is 0 Å². The van der Waals surface area contributed by atoms with Gasteiger partial charge in [0, 0.05) is 17.6 Å². The fourth-order valence-corrected chi connectivity index (χ4v) is 3.30. The number of halogens is 1. The maximum Gasteiger partial charge on any atom is 0.377 e. The minimum atomic E-state index is -0.573. The highest BCUT2D eigenvalue weighted by Crippen LogP contribution is 2.22. The van der Waals surface area contributed by atoms with Crippen molar-refractivity contribution in [1.82, 2.24) is 24.7 Å². The van der Waals surface area contributed by atoms with Gasteiger partial charge in [-0.2, -0.15) is 4.68 Å². The molecular formula is C16H20ClN5O2. The van der Waals surface area contributed by atoms with Crippen LogP contribution in [0.4, 0.5) is 4.79 Å². The van der Waals surface area contributed by atoms with Crippen LogP contribution in [0.3, 0.4) is 0 Å². The molecule has 1 amide bonds. The average Bonchev–Trinajstić information content (AvgIpc) is 2.99. The molecule has 1 heterocycles. The van der Waals surface area contributed by atoms with Crippen molar-refractivity contribution in [3.05, 3.63) is 39.8 Å². The van der Waals surface area contributed by atoms with Crippen LogP contribution in [0.25, 0.3) is 5.69 Å². The molecule has 0 unspecified atom stereocenters. The molecule has 2 aromatic rings. The second kappa shape index (κ2) is 7.17. The summed E-state index contributed by atoms with van der Waals surface area (Å²) in [5, 5.41) is 8.16. The Morgan fingerprint density at radius 2 is 1.88 bits per heavy atom. The first-order chi connectivity index (χ1) is 11.6. The third-order valence-electron chi connectivity index (χ3n) is 4.44. The van der Waals surface area contributed by atoms with E-state index in [-0.39, 0.29) is 6.04 Å². The summed E-state index contributed by atoms with van der Waals surface area (Å²) in [4.78, 5) is 27.0. The summed E-state index contributed by atoms with van der Waals surface area (Å²) in [6.45, 7) is 2.46. The van der Waals surface area contributed by atoms with E-state index in [4.69, 9.17) is 11.6 Å². The molecule has 0 bridgehead atoms. The monoisotopic (exact) mass is 349 g/mol. The number of nitrogens with zero attached hydrogens (tertiary/aromatic N) is 5.